The summed E-state index contributed by atoms with van der Waals surface area (Å²) in [6, 6.07) is 12.4. The van der Waals surface area contributed by atoms with Gasteiger partial charge in [-0.3, -0.25) is 0 Å². The zero-order chi connectivity index (χ0) is 17.0. The molecule has 1 fully saturated rings. The summed E-state index contributed by atoms with van der Waals surface area (Å²) in [6.07, 6.45) is -0.526. The number of aliphatic hydroxyl groups excluding tert-OH is 1. The number of rotatable bonds is 3. The first kappa shape index (κ1) is 17.1. The summed E-state index contributed by atoms with van der Waals surface area (Å²) in [5.74, 6) is -2.57. The first-order valence-electron chi connectivity index (χ1n) is 7.06. The maximum absolute atomic E-state index is 12.7. The first-order chi connectivity index (χ1) is 10.9. The van der Waals surface area contributed by atoms with E-state index in [9.17, 15) is 13.6 Å². The average molecular weight is 321 g/mol. The maximum Gasteiger partial charge on any atom is 0.337 e. The van der Waals surface area contributed by atoms with E-state index in [2.05, 4.69) is 0 Å². The van der Waals surface area contributed by atoms with Crippen LogP contribution in [-0.2, 0) is 4.79 Å². The second-order valence-corrected chi connectivity index (χ2v) is 5.33. The number of carboxylic acids is 1. The van der Waals surface area contributed by atoms with Gasteiger partial charge in [0.1, 0.15) is 0 Å². The van der Waals surface area contributed by atoms with Gasteiger partial charge in [0.15, 0.2) is 17.7 Å². The van der Waals surface area contributed by atoms with Crippen molar-refractivity contribution in [1.82, 2.24) is 0 Å². The minimum Gasteiger partial charge on any atom is -0.479 e. The predicted octanol–water partition coefficient (Wildman–Crippen LogP) is 2.58. The van der Waals surface area contributed by atoms with Crippen LogP contribution in [0.2, 0.25) is 0 Å². The van der Waals surface area contributed by atoms with Gasteiger partial charge >= 0.3 is 5.97 Å². The van der Waals surface area contributed by atoms with Crippen molar-refractivity contribution in [3.63, 3.8) is 0 Å². The first-order valence-corrected chi connectivity index (χ1v) is 7.06. The highest BCUT2D eigenvalue weighted by atomic mass is 19.2. The smallest absolute Gasteiger partial charge is 0.337 e. The lowest BCUT2D eigenvalue weighted by Gasteiger charge is -2.03. The summed E-state index contributed by atoms with van der Waals surface area (Å²) in [7, 11) is 0. The van der Waals surface area contributed by atoms with Gasteiger partial charge in [0.05, 0.1) is 0 Å². The number of nitrogens with two attached hydrogens (primary N) is 1. The molecule has 0 saturated heterocycles. The molecule has 1 saturated carbocycles. The van der Waals surface area contributed by atoms with E-state index in [-0.39, 0.29) is 12.0 Å². The summed E-state index contributed by atoms with van der Waals surface area (Å²) >= 11 is 0. The summed E-state index contributed by atoms with van der Waals surface area (Å²) in [5, 5.41) is 17.4. The molecule has 0 bridgehead atoms. The van der Waals surface area contributed by atoms with Crippen molar-refractivity contribution >= 4 is 5.97 Å². The number of hydrogen-bond acceptors (Lipinski definition) is 3. The number of aliphatic carboxylic acids is 1. The highest BCUT2D eigenvalue weighted by Crippen LogP contribution is 2.39. The number of aliphatic hydroxyl groups is 1. The molecular formula is C17H17F2NO3. The Morgan fingerprint density at radius 1 is 1.13 bits per heavy atom. The van der Waals surface area contributed by atoms with Gasteiger partial charge in [-0.05, 0) is 29.7 Å². The van der Waals surface area contributed by atoms with Crippen LogP contribution in [0.4, 0.5) is 8.78 Å². The Kier molecular flexibility index (Phi) is 5.41. The molecule has 1 aliphatic carbocycles. The molecule has 0 aliphatic heterocycles. The number of benzene rings is 2. The minimum atomic E-state index is -1.41. The summed E-state index contributed by atoms with van der Waals surface area (Å²) < 4.78 is 25.2. The van der Waals surface area contributed by atoms with Crippen LogP contribution in [0.1, 0.15) is 29.6 Å². The zero-order valence-electron chi connectivity index (χ0n) is 12.2. The number of hydrogen-bond donors (Lipinski definition) is 3. The van der Waals surface area contributed by atoms with E-state index in [0.717, 1.165) is 18.1 Å². The van der Waals surface area contributed by atoms with Gasteiger partial charge in [-0.1, -0.05) is 36.4 Å². The fraction of sp³-hybridized carbons (Fsp3) is 0.235. The number of carboxylic acid groups (broad SMARTS) is 1. The molecular weight excluding hydrogens is 304 g/mol. The third-order valence-electron chi connectivity index (χ3n) is 3.56. The Morgan fingerprint density at radius 3 is 2.22 bits per heavy atom. The maximum atomic E-state index is 12.7. The molecule has 2 unspecified atom stereocenters. The van der Waals surface area contributed by atoms with Gasteiger partial charge in [0, 0.05) is 12.0 Å². The van der Waals surface area contributed by atoms with E-state index in [1.165, 1.54) is 6.07 Å². The van der Waals surface area contributed by atoms with Crippen LogP contribution in [0.3, 0.4) is 0 Å². The third kappa shape index (κ3) is 4.58. The lowest BCUT2D eigenvalue weighted by Crippen LogP contribution is -2.09. The monoisotopic (exact) mass is 321 g/mol. The Morgan fingerprint density at radius 2 is 1.74 bits per heavy atom. The van der Waals surface area contributed by atoms with Crippen molar-refractivity contribution in [1.29, 1.82) is 0 Å². The Bertz CT molecular complexity index is 679. The Labute approximate surface area is 132 Å². The fourth-order valence-corrected chi connectivity index (χ4v) is 2.12. The van der Waals surface area contributed by atoms with E-state index in [4.69, 9.17) is 15.9 Å². The molecule has 3 atom stereocenters. The fourth-order valence-electron chi connectivity index (χ4n) is 2.12. The van der Waals surface area contributed by atoms with Crippen LogP contribution in [0.5, 0.6) is 0 Å². The molecule has 4 nitrogen and oxygen atoms in total. The van der Waals surface area contributed by atoms with Crippen LogP contribution in [-0.4, -0.2) is 22.2 Å². The molecule has 1 aliphatic rings. The van der Waals surface area contributed by atoms with Crippen molar-refractivity contribution < 1.29 is 23.8 Å². The Balaban J connectivity index is 0.000000168. The van der Waals surface area contributed by atoms with Crippen LogP contribution in [0, 0.1) is 11.6 Å². The van der Waals surface area contributed by atoms with Crippen LogP contribution < -0.4 is 5.73 Å². The zero-order valence-corrected chi connectivity index (χ0v) is 12.2. The van der Waals surface area contributed by atoms with E-state index in [1.807, 2.05) is 0 Å². The van der Waals surface area contributed by atoms with Crippen molar-refractivity contribution in [2.45, 2.75) is 24.5 Å². The Hall–Kier alpha value is -2.31. The SMILES string of the molecule is NC1CC1c1ccc(F)c(F)c1.O=C(O)[C@H](O)c1ccccc1. The minimum absolute atomic E-state index is 0.134. The van der Waals surface area contributed by atoms with Crippen molar-refractivity contribution in [2.24, 2.45) is 5.73 Å². The lowest BCUT2D eigenvalue weighted by molar-refractivity contribution is -0.146. The molecule has 6 heteroatoms. The second kappa shape index (κ2) is 7.30. The van der Waals surface area contributed by atoms with E-state index < -0.39 is 23.7 Å². The molecule has 0 radical (unpaired) electrons. The van der Waals surface area contributed by atoms with E-state index in [1.54, 1.807) is 36.4 Å². The van der Waals surface area contributed by atoms with Gasteiger partial charge in [0.2, 0.25) is 0 Å². The van der Waals surface area contributed by atoms with Crippen LogP contribution >= 0.6 is 0 Å². The lowest BCUT2D eigenvalue weighted by atomic mass is 10.1. The average Bonchev–Trinajstić information content (AvgIpc) is 3.27. The van der Waals surface area contributed by atoms with Gasteiger partial charge in [-0.25, -0.2) is 13.6 Å². The van der Waals surface area contributed by atoms with Gasteiger partial charge in [0.25, 0.3) is 0 Å². The molecule has 0 aromatic heterocycles. The van der Waals surface area contributed by atoms with Crippen molar-refractivity contribution in [3.8, 4) is 0 Å². The molecule has 2 aromatic carbocycles. The topological polar surface area (TPSA) is 83.6 Å². The van der Waals surface area contributed by atoms with Crippen molar-refractivity contribution in [2.75, 3.05) is 0 Å². The molecule has 2 aromatic rings. The standard InChI is InChI=1S/C9H9F2N.C8H8O3/c10-7-2-1-5(3-8(7)11)6-4-9(6)12;9-7(8(10)11)6-4-2-1-3-5-6/h1-3,6,9H,4,12H2;1-5,7,9H,(H,10,11)/t;7-/m.1/s1. The molecule has 4 N–H and O–H groups in total. The summed E-state index contributed by atoms with van der Waals surface area (Å²) in [4.78, 5) is 10.2. The highest BCUT2D eigenvalue weighted by molar-refractivity contribution is 5.73. The molecule has 0 spiro atoms. The second-order valence-electron chi connectivity index (χ2n) is 5.33. The molecule has 122 valence electrons. The van der Waals surface area contributed by atoms with Crippen molar-refractivity contribution in [3.05, 3.63) is 71.3 Å². The predicted molar refractivity (Wildman–Crippen MR) is 80.7 cm³/mol. The molecule has 0 heterocycles. The summed E-state index contributed by atoms with van der Waals surface area (Å²) in [6.45, 7) is 0. The molecule has 23 heavy (non-hydrogen) atoms. The quantitative estimate of drug-likeness (QED) is 0.811. The summed E-state index contributed by atoms with van der Waals surface area (Å²) in [5.41, 5.74) is 6.78. The van der Waals surface area contributed by atoms with E-state index >= 15 is 0 Å². The molecule has 3 rings (SSSR count). The van der Waals surface area contributed by atoms with Gasteiger partial charge in [-0.2, -0.15) is 0 Å². The largest absolute Gasteiger partial charge is 0.479 e. The van der Waals surface area contributed by atoms with E-state index in [0.29, 0.717) is 5.56 Å². The normalized spacial score (nSPS) is 20.2. The third-order valence-corrected chi connectivity index (χ3v) is 3.56. The molecule has 0 amide bonds. The highest BCUT2D eigenvalue weighted by Gasteiger charge is 2.35. The van der Waals surface area contributed by atoms with Gasteiger partial charge < -0.3 is 15.9 Å². The van der Waals surface area contributed by atoms with Gasteiger partial charge in [-0.15, -0.1) is 0 Å². The number of halogens is 2. The number of carbonyl (C=O) groups is 1. The van der Waals surface area contributed by atoms with Crippen LogP contribution in [0.25, 0.3) is 0 Å². The van der Waals surface area contributed by atoms with Crippen LogP contribution in [0.15, 0.2) is 48.5 Å².